The Morgan fingerprint density at radius 3 is 2.21 bits per heavy atom. The number of fused-ring (bicyclic) bond motifs is 1. The third-order valence-electron chi connectivity index (χ3n) is 8.58. The van der Waals surface area contributed by atoms with Crippen LogP contribution in [0, 0.1) is 17.0 Å². The molecule has 1 fully saturated rings. The molecule has 0 amide bonds. The molecule has 0 saturated carbocycles. The molecule has 0 N–H and O–H groups in total. The van der Waals surface area contributed by atoms with Gasteiger partial charge in [0.05, 0.1) is 41.3 Å². The monoisotopic (exact) mass is 782 g/mol. The van der Waals surface area contributed by atoms with E-state index in [1.807, 2.05) is 0 Å². The Labute approximate surface area is 317 Å². The highest BCUT2D eigenvalue weighted by molar-refractivity contribution is 5.92. The Morgan fingerprint density at radius 1 is 0.929 bits per heavy atom. The van der Waals surface area contributed by atoms with E-state index in [1.165, 1.54) is 48.9 Å². The number of ether oxygens (including phenoxy) is 7. The van der Waals surface area contributed by atoms with Gasteiger partial charge in [-0.15, -0.1) is 5.10 Å². The maximum absolute atomic E-state index is 14.5. The number of aromatic nitrogens is 5. The van der Waals surface area contributed by atoms with Gasteiger partial charge >= 0.3 is 29.8 Å². The Hall–Kier alpha value is -6.51. The molecule has 0 radical (unpaired) electrons. The first-order chi connectivity index (χ1) is 26.5. The summed E-state index contributed by atoms with van der Waals surface area (Å²) in [6, 6.07) is 5.47. The largest absolute Gasteiger partial charge is 0.463 e. The number of benzene rings is 1. The van der Waals surface area contributed by atoms with Crippen molar-refractivity contribution < 1.29 is 62.1 Å². The van der Waals surface area contributed by atoms with Crippen molar-refractivity contribution in [2.75, 3.05) is 13.2 Å². The molecule has 4 heterocycles. The van der Waals surface area contributed by atoms with Crippen molar-refractivity contribution in [1.29, 1.82) is 0 Å². The van der Waals surface area contributed by atoms with E-state index in [0.29, 0.717) is 0 Å². The fourth-order valence-electron chi connectivity index (χ4n) is 6.42. The molecule has 2 aliphatic rings. The van der Waals surface area contributed by atoms with E-state index in [1.54, 1.807) is 6.92 Å². The van der Waals surface area contributed by atoms with Gasteiger partial charge in [0.25, 0.3) is 11.2 Å². The zero-order chi connectivity index (χ0) is 41.0. The number of allylic oxidation sites excluding steroid dienone is 1. The topological polar surface area (TPSA) is 259 Å². The van der Waals surface area contributed by atoms with Crippen LogP contribution in [0.1, 0.15) is 76.3 Å². The van der Waals surface area contributed by atoms with Crippen molar-refractivity contribution in [2.24, 2.45) is 0 Å². The summed E-state index contributed by atoms with van der Waals surface area (Å²) in [7, 11) is 0. The van der Waals surface area contributed by atoms with E-state index in [4.69, 9.17) is 33.2 Å². The van der Waals surface area contributed by atoms with Crippen LogP contribution in [0.25, 0.3) is 0 Å². The van der Waals surface area contributed by atoms with Crippen LogP contribution >= 0.6 is 0 Å². The first kappa shape index (κ1) is 40.7. The van der Waals surface area contributed by atoms with Gasteiger partial charge in [-0.25, -0.2) is 9.48 Å². The summed E-state index contributed by atoms with van der Waals surface area (Å²) in [6.07, 6.45) is -5.69. The second kappa shape index (κ2) is 16.9. The van der Waals surface area contributed by atoms with E-state index < -0.39 is 83.5 Å². The van der Waals surface area contributed by atoms with Gasteiger partial charge < -0.3 is 33.2 Å². The van der Waals surface area contributed by atoms with Crippen molar-refractivity contribution in [3.63, 3.8) is 0 Å². The smallest absolute Gasteiger partial charge is 0.338 e. The summed E-state index contributed by atoms with van der Waals surface area (Å²) in [5.41, 5.74) is -0.753. The zero-order valence-electron chi connectivity index (χ0n) is 31.3. The maximum atomic E-state index is 14.5. The van der Waals surface area contributed by atoms with Crippen LogP contribution < -0.4 is 10.3 Å². The molecule has 1 saturated heterocycles. The van der Waals surface area contributed by atoms with Crippen LogP contribution in [0.5, 0.6) is 5.88 Å². The van der Waals surface area contributed by atoms with Crippen LogP contribution in [-0.4, -0.2) is 96.9 Å². The van der Waals surface area contributed by atoms with Gasteiger partial charge in [-0.2, -0.15) is 4.98 Å². The van der Waals surface area contributed by atoms with Gasteiger partial charge in [0.1, 0.15) is 30.0 Å². The van der Waals surface area contributed by atoms with E-state index in [2.05, 4.69) is 15.3 Å². The number of nitro benzene ring substituents is 1. The third kappa shape index (κ3) is 8.72. The molecule has 1 unspecified atom stereocenters. The number of nitro groups is 1. The van der Waals surface area contributed by atoms with Gasteiger partial charge in [0, 0.05) is 39.8 Å². The fraction of sp³-hybridized carbons (Fsp3) is 0.457. The van der Waals surface area contributed by atoms with Crippen LogP contribution in [0.3, 0.4) is 0 Å². The second-order valence-corrected chi connectivity index (χ2v) is 12.6. The van der Waals surface area contributed by atoms with Crippen LogP contribution in [0.15, 0.2) is 46.6 Å². The molecule has 2 aliphatic heterocycles. The number of hydrogen-bond acceptors (Lipinski definition) is 18. The lowest BCUT2D eigenvalue weighted by atomic mass is 9.83. The Kier molecular flexibility index (Phi) is 12.3. The number of aryl methyl sites for hydroxylation is 1. The highest BCUT2D eigenvalue weighted by Gasteiger charge is 2.53. The van der Waals surface area contributed by atoms with Gasteiger partial charge in [0.2, 0.25) is 5.88 Å². The lowest BCUT2D eigenvalue weighted by molar-refractivity contribution is -0.384. The van der Waals surface area contributed by atoms with E-state index in [9.17, 15) is 38.9 Å². The summed E-state index contributed by atoms with van der Waals surface area (Å²) < 4.78 is 41.2. The Bertz CT molecular complexity index is 2160. The number of carbonyl (C=O) groups is 5. The van der Waals surface area contributed by atoms with E-state index in [-0.39, 0.29) is 58.7 Å². The summed E-state index contributed by atoms with van der Waals surface area (Å²) in [6.45, 7) is 8.27. The average Bonchev–Trinajstić information content (AvgIpc) is 3.58. The Balaban J connectivity index is 1.58. The quantitative estimate of drug-likeness (QED) is 0.110. The first-order valence-electron chi connectivity index (χ1n) is 17.1. The molecule has 3 aromatic rings. The number of rotatable bonds is 12. The third-order valence-corrected chi connectivity index (χ3v) is 8.58. The molecule has 1 aromatic carbocycles. The highest BCUT2D eigenvalue weighted by Crippen LogP contribution is 2.42. The Morgan fingerprint density at radius 2 is 1.59 bits per heavy atom. The lowest BCUT2D eigenvalue weighted by Crippen LogP contribution is -2.60. The number of esters is 5. The molecule has 0 spiro atoms. The number of nitrogens with zero attached hydrogens (tertiary/aromatic N) is 6. The average molecular weight is 783 g/mol. The van der Waals surface area contributed by atoms with Crippen molar-refractivity contribution in [3.05, 3.63) is 84.9 Å². The summed E-state index contributed by atoms with van der Waals surface area (Å²) in [4.78, 5) is 91.8. The van der Waals surface area contributed by atoms with Gasteiger partial charge in [-0.1, -0.05) is 17.3 Å². The molecule has 21 nitrogen and oxygen atoms in total. The van der Waals surface area contributed by atoms with Gasteiger partial charge in [-0.05, 0) is 26.3 Å². The second-order valence-electron chi connectivity index (χ2n) is 12.6. The molecule has 298 valence electrons. The number of carbonyl (C=O) groups excluding carboxylic acids is 5. The summed E-state index contributed by atoms with van der Waals surface area (Å²) in [5, 5.41) is 20.0. The molecule has 2 aromatic heterocycles. The predicted molar refractivity (Wildman–Crippen MR) is 184 cm³/mol. The van der Waals surface area contributed by atoms with Crippen LogP contribution in [0.4, 0.5) is 5.69 Å². The molecule has 56 heavy (non-hydrogen) atoms. The summed E-state index contributed by atoms with van der Waals surface area (Å²) in [5.74, 6) is -5.01. The molecule has 21 heteroatoms. The molecule has 6 atom stereocenters. The zero-order valence-corrected chi connectivity index (χ0v) is 31.3. The number of hydrogen-bond donors (Lipinski definition) is 0. The molecule has 0 bridgehead atoms. The maximum Gasteiger partial charge on any atom is 0.338 e. The minimum atomic E-state index is -1.48. The molecular weight excluding hydrogens is 744 g/mol. The highest BCUT2D eigenvalue weighted by atomic mass is 16.7. The predicted octanol–water partition coefficient (Wildman–Crippen LogP) is 1.72. The fourth-order valence-corrected chi connectivity index (χ4v) is 6.42. The minimum absolute atomic E-state index is 0.00425. The van der Waals surface area contributed by atoms with Crippen molar-refractivity contribution in [2.45, 2.75) is 91.6 Å². The van der Waals surface area contributed by atoms with Gasteiger partial charge in [0.15, 0.2) is 24.5 Å². The van der Waals surface area contributed by atoms with Crippen LogP contribution in [-0.2, 0) is 58.9 Å². The molecule has 0 aliphatic carbocycles. The van der Waals surface area contributed by atoms with E-state index in [0.717, 1.165) is 32.4 Å². The minimum Gasteiger partial charge on any atom is -0.463 e. The normalized spacial score (nSPS) is 21.6. The van der Waals surface area contributed by atoms with Gasteiger partial charge in [-0.3, -0.25) is 38.7 Å². The summed E-state index contributed by atoms with van der Waals surface area (Å²) >= 11 is 0. The SMILES string of the molecule is CCOC(=O)C1=C(C)Oc2nc(C)n(Cc3cn([C@@H]4O[C@H](COC(C)=O)[C@@H](OC(C)=O)[C@H](OC(C)=O)[C@H]4OC(C)=O)nn3)c(=O)c2C1c1cccc([N+](=O)[O-])c1. The number of non-ortho nitro benzene ring substituents is 1. The molecule has 5 rings (SSSR count). The van der Waals surface area contributed by atoms with Crippen molar-refractivity contribution in [3.8, 4) is 5.88 Å². The van der Waals surface area contributed by atoms with Crippen molar-refractivity contribution in [1.82, 2.24) is 24.5 Å². The van der Waals surface area contributed by atoms with E-state index >= 15 is 0 Å². The lowest BCUT2D eigenvalue weighted by Gasteiger charge is -2.44. The van der Waals surface area contributed by atoms with Crippen molar-refractivity contribution >= 4 is 35.5 Å². The van der Waals surface area contributed by atoms with Crippen LogP contribution in [0.2, 0.25) is 0 Å². The standard InChI is InChI=1S/C35H38N6O15/c1-8-50-35(47)26-16(2)52-32-28(27(26)22-10-9-11-24(12-22)41(48)49)33(46)39(17(3)36-32)13-23-14-40(38-37-23)34-31(55-21(7)45)30(54-20(6)44)29(53-19(5)43)25(56-34)15-51-18(4)42/h9-12,14,25,27,29-31,34H,8,13,15H2,1-7H3/t25-,27?,29-,30+,31-,34-/m1/s1. The first-order valence-corrected chi connectivity index (χ1v) is 17.1. The molecular formula is C35H38N6O15.